The van der Waals surface area contributed by atoms with Crippen LogP contribution in [0.1, 0.15) is 12.8 Å². The summed E-state index contributed by atoms with van der Waals surface area (Å²) in [5, 5.41) is 9.26. The lowest BCUT2D eigenvalue weighted by atomic mass is 10.3. The zero-order valence-corrected chi connectivity index (χ0v) is 6.70. The number of aliphatic hydroxyl groups is 1. The van der Waals surface area contributed by atoms with Crippen LogP contribution in [0, 0.1) is 0 Å². The predicted molar refractivity (Wildman–Crippen MR) is 41.8 cm³/mol. The lowest BCUT2D eigenvalue weighted by Gasteiger charge is -2.17. The van der Waals surface area contributed by atoms with Gasteiger partial charge < -0.3 is 14.8 Å². The van der Waals surface area contributed by atoms with Crippen LogP contribution in [0.15, 0.2) is 0 Å². The number of likely N-dealkylation sites (tertiary alicyclic amines) is 1. The normalized spacial score (nSPS) is 22.4. The van der Waals surface area contributed by atoms with Gasteiger partial charge in [0.15, 0.2) is 0 Å². The summed E-state index contributed by atoms with van der Waals surface area (Å²) in [5.74, 6) is 4.83. The smallest absolute Gasteiger partial charge is 0.0951 e. The van der Waals surface area contributed by atoms with E-state index in [0.29, 0.717) is 6.54 Å². The van der Waals surface area contributed by atoms with Gasteiger partial charge in [0, 0.05) is 6.54 Å². The molecule has 0 aliphatic carbocycles. The molecule has 1 saturated heterocycles. The van der Waals surface area contributed by atoms with Crippen LogP contribution in [0.3, 0.4) is 0 Å². The van der Waals surface area contributed by atoms with E-state index in [2.05, 4.69) is 9.74 Å². The number of rotatable bonds is 4. The molecule has 1 atom stereocenters. The van der Waals surface area contributed by atoms with Crippen molar-refractivity contribution in [1.29, 1.82) is 0 Å². The van der Waals surface area contributed by atoms with Crippen molar-refractivity contribution in [3.05, 3.63) is 0 Å². The molecule has 66 valence electrons. The van der Waals surface area contributed by atoms with E-state index in [9.17, 15) is 5.11 Å². The van der Waals surface area contributed by atoms with Crippen LogP contribution in [0.4, 0.5) is 0 Å². The van der Waals surface area contributed by atoms with Gasteiger partial charge in [-0.15, -0.1) is 0 Å². The molecule has 1 aliphatic heterocycles. The minimum Gasteiger partial charge on any atom is -0.389 e. The fourth-order valence-corrected chi connectivity index (χ4v) is 1.43. The van der Waals surface area contributed by atoms with E-state index in [4.69, 9.17) is 5.90 Å². The Kier molecular flexibility index (Phi) is 3.79. The monoisotopic (exact) mass is 160 g/mol. The van der Waals surface area contributed by atoms with Gasteiger partial charge in [-0.25, -0.2) is 5.90 Å². The minimum absolute atomic E-state index is 0.233. The second kappa shape index (κ2) is 4.66. The minimum atomic E-state index is -0.432. The molecule has 1 unspecified atom stereocenters. The Morgan fingerprint density at radius 1 is 1.45 bits per heavy atom. The number of β-amino-alcohol motifs (C(OH)–C–C–N with tert-alkyl or cyclic N) is 1. The third-order valence-electron chi connectivity index (χ3n) is 1.96. The van der Waals surface area contributed by atoms with Crippen molar-refractivity contribution in [2.45, 2.75) is 18.9 Å². The number of hydrogen-bond donors (Lipinski definition) is 2. The van der Waals surface area contributed by atoms with E-state index in [1.807, 2.05) is 0 Å². The quantitative estimate of drug-likeness (QED) is 0.536. The van der Waals surface area contributed by atoms with Crippen molar-refractivity contribution in [2.24, 2.45) is 5.90 Å². The second-order valence-electron chi connectivity index (χ2n) is 2.99. The lowest BCUT2D eigenvalue weighted by Crippen LogP contribution is -2.33. The summed E-state index contributed by atoms with van der Waals surface area (Å²) in [4.78, 5) is 6.56. The largest absolute Gasteiger partial charge is 0.389 e. The predicted octanol–water partition coefficient (Wildman–Crippen LogP) is -0.667. The summed E-state index contributed by atoms with van der Waals surface area (Å²) >= 11 is 0. The molecule has 1 fully saturated rings. The standard InChI is InChI=1S/C7H16N2O2/c8-11-6-7(10)5-9-3-1-2-4-9/h7,10H,1-6,8H2. The zero-order valence-electron chi connectivity index (χ0n) is 6.70. The first-order valence-electron chi connectivity index (χ1n) is 4.05. The third-order valence-corrected chi connectivity index (χ3v) is 1.96. The number of hydrogen-bond acceptors (Lipinski definition) is 4. The molecule has 4 heteroatoms. The van der Waals surface area contributed by atoms with Crippen LogP contribution in [-0.4, -0.2) is 42.4 Å². The maximum absolute atomic E-state index is 9.26. The van der Waals surface area contributed by atoms with Crippen molar-refractivity contribution in [3.8, 4) is 0 Å². The number of nitrogens with two attached hydrogens (primary N) is 1. The third kappa shape index (κ3) is 3.16. The Balaban J connectivity index is 2.08. The Labute approximate surface area is 66.9 Å². The van der Waals surface area contributed by atoms with Crippen LogP contribution in [0.5, 0.6) is 0 Å². The maximum Gasteiger partial charge on any atom is 0.0951 e. The second-order valence-corrected chi connectivity index (χ2v) is 2.99. The van der Waals surface area contributed by atoms with Crippen LogP contribution in [0.2, 0.25) is 0 Å². The van der Waals surface area contributed by atoms with Crippen LogP contribution < -0.4 is 5.90 Å². The molecule has 4 nitrogen and oxygen atoms in total. The molecule has 0 spiro atoms. The molecule has 0 bridgehead atoms. The molecule has 1 rings (SSSR count). The molecule has 0 aromatic rings. The van der Waals surface area contributed by atoms with Crippen molar-refractivity contribution in [2.75, 3.05) is 26.2 Å². The van der Waals surface area contributed by atoms with Gasteiger partial charge in [0.1, 0.15) is 0 Å². The van der Waals surface area contributed by atoms with Crippen LogP contribution in [0.25, 0.3) is 0 Å². The molecule has 0 aromatic carbocycles. The Hall–Kier alpha value is -0.160. The van der Waals surface area contributed by atoms with Gasteiger partial charge in [-0.3, -0.25) is 0 Å². The first kappa shape index (κ1) is 8.93. The highest BCUT2D eigenvalue weighted by Gasteiger charge is 2.15. The van der Waals surface area contributed by atoms with Crippen LogP contribution in [-0.2, 0) is 4.84 Å². The molecule has 11 heavy (non-hydrogen) atoms. The lowest BCUT2D eigenvalue weighted by molar-refractivity contribution is 0.0201. The van der Waals surface area contributed by atoms with E-state index >= 15 is 0 Å². The van der Waals surface area contributed by atoms with Gasteiger partial charge in [-0.2, -0.15) is 0 Å². The first-order chi connectivity index (χ1) is 5.33. The molecule has 1 aliphatic rings. The van der Waals surface area contributed by atoms with Gasteiger partial charge in [-0.05, 0) is 25.9 Å². The van der Waals surface area contributed by atoms with Gasteiger partial charge in [0.2, 0.25) is 0 Å². The maximum atomic E-state index is 9.26. The van der Waals surface area contributed by atoms with Crippen molar-refractivity contribution in [1.82, 2.24) is 4.90 Å². The first-order valence-corrected chi connectivity index (χ1v) is 4.05. The van der Waals surface area contributed by atoms with E-state index in [0.717, 1.165) is 13.1 Å². The number of aliphatic hydroxyl groups excluding tert-OH is 1. The zero-order chi connectivity index (χ0) is 8.10. The molecular formula is C7H16N2O2. The Morgan fingerprint density at radius 2 is 2.09 bits per heavy atom. The molecule has 0 amide bonds. The highest BCUT2D eigenvalue weighted by Crippen LogP contribution is 2.07. The SMILES string of the molecule is NOCC(O)CN1CCCC1. The molecular weight excluding hydrogens is 144 g/mol. The van der Waals surface area contributed by atoms with E-state index < -0.39 is 6.10 Å². The fourth-order valence-electron chi connectivity index (χ4n) is 1.43. The molecule has 0 radical (unpaired) electrons. The molecule has 0 aromatic heterocycles. The average molecular weight is 160 g/mol. The highest BCUT2D eigenvalue weighted by atomic mass is 16.6. The van der Waals surface area contributed by atoms with Gasteiger partial charge in [-0.1, -0.05) is 0 Å². The summed E-state index contributed by atoms with van der Waals surface area (Å²) in [6.45, 7) is 3.12. The Bertz CT molecular complexity index is 105. The summed E-state index contributed by atoms with van der Waals surface area (Å²) < 4.78 is 0. The van der Waals surface area contributed by atoms with Crippen LogP contribution >= 0.6 is 0 Å². The highest BCUT2D eigenvalue weighted by molar-refractivity contribution is 4.69. The van der Waals surface area contributed by atoms with E-state index in [1.54, 1.807) is 0 Å². The van der Waals surface area contributed by atoms with Gasteiger partial charge in [0.25, 0.3) is 0 Å². The fraction of sp³-hybridized carbons (Fsp3) is 1.00. The summed E-state index contributed by atoms with van der Waals surface area (Å²) in [7, 11) is 0. The van der Waals surface area contributed by atoms with Crippen molar-refractivity contribution in [3.63, 3.8) is 0 Å². The molecule has 1 heterocycles. The van der Waals surface area contributed by atoms with Gasteiger partial charge in [0.05, 0.1) is 12.7 Å². The van der Waals surface area contributed by atoms with E-state index in [1.165, 1.54) is 12.8 Å². The molecule has 0 saturated carbocycles. The molecule has 3 N–H and O–H groups in total. The average Bonchev–Trinajstić information content (AvgIpc) is 2.40. The Morgan fingerprint density at radius 3 is 2.64 bits per heavy atom. The number of nitrogens with zero attached hydrogens (tertiary/aromatic N) is 1. The summed E-state index contributed by atoms with van der Waals surface area (Å²) in [6.07, 6.45) is 2.06. The van der Waals surface area contributed by atoms with Crippen molar-refractivity contribution < 1.29 is 9.94 Å². The summed E-state index contributed by atoms with van der Waals surface area (Å²) in [6, 6.07) is 0. The topological polar surface area (TPSA) is 58.7 Å². The summed E-state index contributed by atoms with van der Waals surface area (Å²) in [5.41, 5.74) is 0. The van der Waals surface area contributed by atoms with E-state index in [-0.39, 0.29) is 6.61 Å². The van der Waals surface area contributed by atoms with Gasteiger partial charge >= 0.3 is 0 Å². The van der Waals surface area contributed by atoms with Crippen molar-refractivity contribution >= 4 is 0 Å².